The van der Waals surface area contributed by atoms with Crippen molar-refractivity contribution in [3.05, 3.63) is 68.2 Å². The van der Waals surface area contributed by atoms with Gasteiger partial charge in [0.2, 0.25) is 0 Å². The second-order valence-corrected chi connectivity index (χ2v) is 4.93. The molecule has 0 aliphatic rings. The number of nitrogens with zero attached hydrogens (tertiary/aromatic N) is 1. The standard InChI is InChI=1S/C13H9BrF2N2O2/c14-9-3-1-8(2-4-9)7-17-13-11(16)5-10(15)6-12(13)18(19)20/h1-6,17H,7H2. The van der Waals surface area contributed by atoms with Gasteiger partial charge in [0.15, 0.2) is 5.82 Å². The van der Waals surface area contributed by atoms with Crippen LogP contribution in [0.1, 0.15) is 5.56 Å². The molecule has 0 bridgehead atoms. The van der Waals surface area contributed by atoms with Crippen LogP contribution in [-0.2, 0) is 6.54 Å². The fourth-order valence-electron chi connectivity index (χ4n) is 1.67. The zero-order valence-electron chi connectivity index (χ0n) is 10.1. The molecule has 0 radical (unpaired) electrons. The topological polar surface area (TPSA) is 55.2 Å². The Morgan fingerprint density at radius 3 is 2.45 bits per heavy atom. The van der Waals surface area contributed by atoms with Crippen molar-refractivity contribution in [3.63, 3.8) is 0 Å². The Labute approximate surface area is 121 Å². The van der Waals surface area contributed by atoms with E-state index in [1.807, 2.05) is 0 Å². The molecule has 20 heavy (non-hydrogen) atoms. The number of rotatable bonds is 4. The minimum absolute atomic E-state index is 0.191. The summed E-state index contributed by atoms with van der Waals surface area (Å²) in [6.07, 6.45) is 0. The summed E-state index contributed by atoms with van der Waals surface area (Å²) in [5.74, 6) is -1.97. The molecule has 0 fully saturated rings. The van der Waals surface area contributed by atoms with Gasteiger partial charge in [-0.15, -0.1) is 0 Å². The summed E-state index contributed by atoms with van der Waals surface area (Å²) >= 11 is 3.28. The lowest BCUT2D eigenvalue weighted by molar-refractivity contribution is -0.384. The van der Waals surface area contributed by atoms with Crippen LogP contribution in [0.2, 0.25) is 0 Å². The SMILES string of the molecule is O=[N+]([O-])c1cc(F)cc(F)c1NCc1ccc(Br)cc1. The predicted molar refractivity (Wildman–Crippen MR) is 74.5 cm³/mol. The van der Waals surface area contributed by atoms with Gasteiger partial charge in [-0.1, -0.05) is 28.1 Å². The maximum atomic E-state index is 13.6. The molecule has 104 valence electrons. The van der Waals surface area contributed by atoms with Crippen molar-refractivity contribution in [2.24, 2.45) is 0 Å². The first kappa shape index (κ1) is 14.4. The summed E-state index contributed by atoms with van der Waals surface area (Å²) in [6.45, 7) is 0.191. The zero-order valence-corrected chi connectivity index (χ0v) is 11.7. The van der Waals surface area contributed by atoms with Gasteiger partial charge in [-0.25, -0.2) is 8.78 Å². The molecule has 0 aliphatic heterocycles. The molecule has 2 aromatic carbocycles. The van der Waals surface area contributed by atoms with Crippen LogP contribution in [0.25, 0.3) is 0 Å². The molecule has 1 N–H and O–H groups in total. The van der Waals surface area contributed by atoms with Crippen LogP contribution in [0.3, 0.4) is 0 Å². The van der Waals surface area contributed by atoms with E-state index in [1.54, 1.807) is 24.3 Å². The normalized spacial score (nSPS) is 10.3. The van der Waals surface area contributed by atoms with Crippen molar-refractivity contribution in [2.75, 3.05) is 5.32 Å². The van der Waals surface area contributed by atoms with Gasteiger partial charge in [-0.05, 0) is 17.7 Å². The average Bonchev–Trinajstić information content (AvgIpc) is 2.38. The summed E-state index contributed by atoms with van der Waals surface area (Å²) in [5, 5.41) is 13.4. The van der Waals surface area contributed by atoms with Gasteiger partial charge in [0.25, 0.3) is 5.69 Å². The fraction of sp³-hybridized carbons (Fsp3) is 0.0769. The van der Waals surface area contributed by atoms with E-state index in [0.717, 1.165) is 10.0 Å². The van der Waals surface area contributed by atoms with Crippen LogP contribution in [0.4, 0.5) is 20.2 Å². The lowest BCUT2D eigenvalue weighted by atomic mass is 10.2. The molecule has 0 aliphatic carbocycles. The van der Waals surface area contributed by atoms with Gasteiger partial charge < -0.3 is 5.32 Å². The van der Waals surface area contributed by atoms with Crippen molar-refractivity contribution in [1.82, 2.24) is 0 Å². The van der Waals surface area contributed by atoms with E-state index in [9.17, 15) is 18.9 Å². The van der Waals surface area contributed by atoms with Crippen LogP contribution in [-0.4, -0.2) is 4.92 Å². The molecule has 0 unspecified atom stereocenters. The van der Waals surface area contributed by atoms with Crippen LogP contribution in [0.5, 0.6) is 0 Å². The Kier molecular flexibility index (Phi) is 4.29. The number of anilines is 1. The Morgan fingerprint density at radius 2 is 1.85 bits per heavy atom. The minimum atomic E-state index is -0.992. The van der Waals surface area contributed by atoms with Gasteiger partial charge in [0.05, 0.1) is 11.0 Å². The number of hydrogen-bond acceptors (Lipinski definition) is 3. The maximum Gasteiger partial charge on any atom is 0.298 e. The van der Waals surface area contributed by atoms with Crippen molar-refractivity contribution in [1.29, 1.82) is 0 Å². The van der Waals surface area contributed by atoms with Gasteiger partial charge in [0, 0.05) is 17.1 Å². The third-order valence-corrected chi connectivity index (χ3v) is 3.14. The first-order chi connectivity index (χ1) is 9.47. The number of halogens is 3. The predicted octanol–water partition coefficient (Wildman–Crippen LogP) is 4.25. The molecular weight excluding hydrogens is 334 g/mol. The largest absolute Gasteiger partial charge is 0.373 e. The smallest absolute Gasteiger partial charge is 0.298 e. The first-order valence-corrected chi connectivity index (χ1v) is 6.38. The monoisotopic (exact) mass is 342 g/mol. The van der Waals surface area contributed by atoms with Crippen molar-refractivity contribution in [2.45, 2.75) is 6.54 Å². The van der Waals surface area contributed by atoms with Crippen LogP contribution in [0.15, 0.2) is 40.9 Å². The lowest BCUT2D eigenvalue weighted by Crippen LogP contribution is -2.05. The van der Waals surface area contributed by atoms with E-state index >= 15 is 0 Å². The molecule has 0 heterocycles. The molecule has 0 saturated heterocycles. The molecule has 0 amide bonds. The molecule has 0 saturated carbocycles. The highest BCUT2D eigenvalue weighted by atomic mass is 79.9. The quantitative estimate of drug-likeness (QED) is 0.667. The second-order valence-electron chi connectivity index (χ2n) is 4.02. The molecular formula is C13H9BrF2N2O2. The van der Waals surface area contributed by atoms with Crippen LogP contribution in [0, 0.1) is 21.7 Å². The molecule has 0 spiro atoms. The Balaban J connectivity index is 2.24. The third kappa shape index (κ3) is 3.30. The zero-order chi connectivity index (χ0) is 14.7. The van der Waals surface area contributed by atoms with Crippen molar-refractivity contribution < 1.29 is 13.7 Å². The van der Waals surface area contributed by atoms with Crippen LogP contribution >= 0.6 is 15.9 Å². The fourth-order valence-corrected chi connectivity index (χ4v) is 1.94. The second kappa shape index (κ2) is 5.96. The van der Waals surface area contributed by atoms with Gasteiger partial charge >= 0.3 is 0 Å². The number of nitrogens with one attached hydrogen (secondary N) is 1. The lowest BCUT2D eigenvalue weighted by Gasteiger charge is -2.08. The van der Waals surface area contributed by atoms with E-state index < -0.39 is 22.2 Å². The number of nitro groups is 1. The minimum Gasteiger partial charge on any atom is -0.373 e. The van der Waals surface area contributed by atoms with Gasteiger partial charge in [-0.3, -0.25) is 10.1 Å². The van der Waals surface area contributed by atoms with Crippen molar-refractivity contribution in [3.8, 4) is 0 Å². The molecule has 2 aromatic rings. The maximum absolute atomic E-state index is 13.6. The molecule has 0 aromatic heterocycles. The average molecular weight is 343 g/mol. The van der Waals surface area contributed by atoms with E-state index in [2.05, 4.69) is 21.2 Å². The Morgan fingerprint density at radius 1 is 1.20 bits per heavy atom. The summed E-state index contributed by atoms with van der Waals surface area (Å²) in [5.41, 5.74) is -0.134. The van der Waals surface area contributed by atoms with Crippen molar-refractivity contribution >= 4 is 27.3 Å². The highest BCUT2D eigenvalue weighted by Crippen LogP contribution is 2.29. The molecule has 4 nitrogen and oxygen atoms in total. The summed E-state index contributed by atoms with van der Waals surface area (Å²) in [7, 11) is 0. The van der Waals surface area contributed by atoms with Crippen LogP contribution < -0.4 is 5.32 Å². The highest BCUT2D eigenvalue weighted by Gasteiger charge is 2.20. The first-order valence-electron chi connectivity index (χ1n) is 5.59. The van der Waals surface area contributed by atoms with Gasteiger partial charge in [0.1, 0.15) is 11.5 Å². The Bertz CT molecular complexity index is 648. The summed E-state index contributed by atoms with van der Waals surface area (Å²) in [4.78, 5) is 9.98. The highest BCUT2D eigenvalue weighted by molar-refractivity contribution is 9.10. The summed E-state index contributed by atoms with van der Waals surface area (Å²) in [6, 6.07) is 8.46. The molecule has 0 atom stereocenters. The molecule has 2 rings (SSSR count). The van der Waals surface area contributed by atoms with E-state index in [1.165, 1.54) is 0 Å². The summed E-state index contributed by atoms with van der Waals surface area (Å²) < 4.78 is 27.5. The third-order valence-electron chi connectivity index (χ3n) is 2.61. The Hall–Kier alpha value is -2.02. The van der Waals surface area contributed by atoms with E-state index in [-0.39, 0.29) is 12.2 Å². The number of nitro benzene ring substituents is 1. The number of hydrogen-bond donors (Lipinski definition) is 1. The number of benzene rings is 2. The van der Waals surface area contributed by atoms with E-state index in [0.29, 0.717) is 12.1 Å². The molecule has 7 heteroatoms. The van der Waals surface area contributed by atoms with E-state index in [4.69, 9.17) is 0 Å². The van der Waals surface area contributed by atoms with Gasteiger partial charge in [-0.2, -0.15) is 0 Å².